The normalized spacial score (nSPS) is 17.7. The summed E-state index contributed by atoms with van der Waals surface area (Å²) in [4.78, 5) is 25.2. The number of ether oxygens (including phenoxy) is 1. The lowest BCUT2D eigenvalue weighted by molar-refractivity contribution is -0.000552. The Hall–Kier alpha value is -2.59. The van der Waals surface area contributed by atoms with Crippen molar-refractivity contribution in [2.24, 2.45) is 5.73 Å². The number of alkyl halides is 1. The molecule has 7 nitrogen and oxygen atoms in total. The van der Waals surface area contributed by atoms with Gasteiger partial charge in [0.15, 0.2) is 5.82 Å². The van der Waals surface area contributed by atoms with Gasteiger partial charge in [0.25, 0.3) is 0 Å². The molecule has 1 aromatic carbocycles. The van der Waals surface area contributed by atoms with Crippen LogP contribution < -0.4 is 16.1 Å². The third kappa shape index (κ3) is 3.82. The molecule has 0 bridgehead atoms. The molecule has 1 unspecified atom stereocenters. The number of pyridine rings is 1. The molecule has 0 aliphatic carbocycles. The van der Waals surface area contributed by atoms with E-state index in [9.17, 15) is 23.5 Å². The molecule has 0 spiro atoms. The molecule has 1 aromatic heterocycles. The highest BCUT2D eigenvalue weighted by Crippen LogP contribution is 2.32. The first kappa shape index (κ1) is 21.1. The number of aromatic nitrogens is 1. The predicted molar refractivity (Wildman–Crippen MR) is 101 cm³/mol. The number of morpholine rings is 1. The number of hydrogen-bond acceptors (Lipinski definition) is 5. The van der Waals surface area contributed by atoms with Gasteiger partial charge < -0.3 is 25.0 Å². The van der Waals surface area contributed by atoms with Crippen molar-refractivity contribution in [2.45, 2.75) is 32.0 Å². The lowest BCUT2D eigenvalue weighted by Gasteiger charge is -2.40. The van der Waals surface area contributed by atoms with Crippen molar-refractivity contribution in [3.05, 3.63) is 39.7 Å². The van der Waals surface area contributed by atoms with Gasteiger partial charge in [-0.1, -0.05) is 0 Å². The van der Waals surface area contributed by atoms with E-state index in [1.165, 1.54) is 4.90 Å². The Morgan fingerprint density at radius 2 is 2.10 bits per heavy atom. The van der Waals surface area contributed by atoms with Crippen LogP contribution in [-0.2, 0) is 11.3 Å². The largest absolute Gasteiger partial charge is 0.477 e. The number of fused-ring (bicyclic) bond motifs is 1. The first-order valence-electron chi connectivity index (χ1n) is 9.06. The Morgan fingerprint density at radius 1 is 1.41 bits per heavy atom. The number of aryl methyl sites for hydroxylation is 1. The second kappa shape index (κ2) is 7.68. The molecule has 0 amide bonds. The molecule has 10 heteroatoms. The Kier molecular flexibility index (Phi) is 5.59. The van der Waals surface area contributed by atoms with Crippen molar-refractivity contribution in [3.63, 3.8) is 0 Å². The Labute approximate surface area is 164 Å². The molecule has 1 aliphatic heterocycles. The van der Waals surface area contributed by atoms with Crippen molar-refractivity contribution < 1.29 is 27.8 Å². The maximum absolute atomic E-state index is 15.5. The molecule has 1 aliphatic rings. The summed E-state index contributed by atoms with van der Waals surface area (Å²) in [5.74, 6) is -3.63. The fourth-order valence-corrected chi connectivity index (χ4v) is 3.49. The van der Waals surface area contributed by atoms with Crippen LogP contribution >= 0.6 is 0 Å². The van der Waals surface area contributed by atoms with Gasteiger partial charge in [-0.25, -0.2) is 18.0 Å². The SMILES string of the molecule is CC(C)(N)C1CN(c2c(F)cc3c(=O)c(C(=O)O)cn(CCF)c3c2F)CCO1. The highest BCUT2D eigenvalue weighted by molar-refractivity contribution is 5.93. The highest BCUT2D eigenvalue weighted by atomic mass is 19.1. The number of nitrogens with two attached hydrogens (primary N) is 1. The second-order valence-corrected chi connectivity index (χ2v) is 7.60. The van der Waals surface area contributed by atoms with Gasteiger partial charge in [0.2, 0.25) is 5.43 Å². The third-order valence-corrected chi connectivity index (χ3v) is 5.00. The summed E-state index contributed by atoms with van der Waals surface area (Å²) in [5, 5.41) is 8.73. The van der Waals surface area contributed by atoms with Crippen LogP contribution in [-0.4, -0.2) is 53.7 Å². The van der Waals surface area contributed by atoms with Crippen LogP contribution in [0.15, 0.2) is 17.1 Å². The number of carbonyl (C=O) groups is 1. The van der Waals surface area contributed by atoms with Crippen LogP contribution in [0.4, 0.5) is 18.9 Å². The van der Waals surface area contributed by atoms with E-state index in [0.29, 0.717) is 0 Å². The number of carboxylic acid groups (broad SMARTS) is 1. The van der Waals surface area contributed by atoms with E-state index < -0.39 is 52.3 Å². The molecule has 2 aromatic rings. The molecule has 1 atom stereocenters. The number of carboxylic acids is 1. The van der Waals surface area contributed by atoms with Crippen LogP contribution in [0.1, 0.15) is 24.2 Å². The van der Waals surface area contributed by atoms with Crippen LogP contribution in [0.5, 0.6) is 0 Å². The minimum atomic E-state index is -1.56. The van der Waals surface area contributed by atoms with E-state index in [-0.39, 0.29) is 37.4 Å². The zero-order chi connectivity index (χ0) is 21.5. The van der Waals surface area contributed by atoms with Crippen LogP contribution in [0.2, 0.25) is 0 Å². The summed E-state index contributed by atoms with van der Waals surface area (Å²) >= 11 is 0. The molecule has 3 N–H and O–H groups in total. The van der Waals surface area contributed by atoms with Gasteiger partial charge in [-0.2, -0.15) is 0 Å². The Bertz CT molecular complexity index is 1020. The second-order valence-electron chi connectivity index (χ2n) is 7.60. The molecular formula is C19H22F3N3O4. The topological polar surface area (TPSA) is 97.8 Å². The lowest BCUT2D eigenvalue weighted by Crippen LogP contribution is -2.56. The van der Waals surface area contributed by atoms with Crippen molar-refractivity contribution in [2.75, 3.05) is 31.3 Å². The van der Waals surface area contributed by atoms with Gasteiger partial charge in [0.1, 0.15) is 23.7 Å². The molecular weight excluding hydrogens is 391 g/mol. The molecule has 2 heterocycles. The maximum atomic E-state index is 15.5. The van der Waals surface area contributed by atoms with Crippen molar-refractivity contribution in [3.8, 4) is 0 Å². The first-order valence-corrected chi connectivity index (χ1v) is 9.06. The number of rotatable bonds is 5. The predicted octanol–water partition coefficient (Wildman–Crippen LogP) is 1.89. The summed E-state index contributed by atoms with van der Waals surface area (Å²) in [6.45, 7) is 2.65. The van der Waals surface area contributed by atoms with Crippen LogP contribution in [0.25, 0.3) is 10.9 Å². The zero-order valence-electron chi connectivity index (χ0n) is 16.0. The minimum Gasteiger partial charge on any atom is -0.477 e. The van der Waals surface area contributed by atoms with Gasteiger partial charge in [-0.15, -0.1) is 0 Å². The average Bonchev–Trinajstić information content (AvgIpc) is 2.63. The number of halogens is 3. The quantitative estimate of drug-likeness (QED) is 0.777. The monoisotopic (exact) mass is 413 g/mol. The van der Waals surface area contributed by atoms with E-state index in [4.69, 9.17) is 10.5 Å². The van der Waals surface area contributed by atoms with Crippen LogP contribution in [0, 0.1) is 11.6 Å². The van der Waals surface area contributed by atoms with Crippen molar-refractivity contribution >= 4 is 22.6 Å². The third-order valence-electron chi connectivity index (χ3n) is 5.00. The summed E-state index contributed by atoms with van der Waals surface area (Å²) < 4.78 is 49.9. The average molecular weight is 413 g/mol. The van der Waals surface area contributed by atoms with E-state index in [1.807, 2.05) is 0 Å². The standard InChI is InChI=1S/C19H22F3N3O4/c1-19(2,23)13-9-25(5-6-29-13)16-12(21)7-10-15(14(16)22)24(4-3-20)8-11(17(10)26)18(27)28/h7-8,13H,3-6,9,23H2,1-2H3,(H,27,28). The molecule has 158 valence electrons. The summed E-state index contributed by atoms with van der Waals surface area (Å²) in [6.07, 6.45) is 0.385. The molecule has 29 heavy (non-hydrogen) atoms. The Morgan fingerprint density at radius 3 is 2.69 bits per heavy atom. The van der Waals surface area contributed by atoms with Crippen molar-refractivity contribution in [1.29, 1.82) is 0 Å². The number of aromatic carboxylic acids is 1. The summed E-state index contributed by atoms with van der Waals surface area (Å²) in [6, 6.07) is 0.801. The smallest absolute Gasteiger partial charge is 0.341 e. The maximum Gasteiger partial charge on any atom is 0.341 e. The number of hydrogen-bond donors (Lipinski definition) is 2. The lowest BCUT2D eigenvalue weighted by atomic mass is 9.97. The van der Waals surface area contributed by atoms with E-state index >= 15 is 4.39 Å². The molecule has 0 radical (unpaired) electrons. The Balaban J connectivity index is 2.23. The van der Waals surface area contributed by atoms with E-state index in [2.05, 4.69) is 0 Å². The van der Waals surface area contributed by atoms with Gasteiger partial charge in [-0.3, -0.25) is 4.79 Å². The van der Waals surface area contributed by atoms with Gasteiger partial charge in [0, 0.05) is 24.8 Å². The molecule has 1 fully saturated rings. The molecule has 0 saturated carbocycles. The number of anilines is 1. The first-order chi connectivity index (χ1) is 13.6. The number of nitrogens with zero attached hydrogens (tertiary/aromatic N) is 2. The molecule has 3 rings (SSSR count). The van der Waals surface area contributed by atoms with E-state index in [0.717, 1.165) is 16.8 Å². The fraction of sp³-hybridized carbons (Fsp3) is 0.474. The van der Waals surface area contributed by atoms with Crippen molar-refractivity contribution in [1.82, 2.24) is 4.57 Å². The van der Waals surface area contributed by atoms with Crippen LogP contribution in [0.3, 0.4) is 0 Å². The van der Waals surface area contributed by atoms with E-state index in [1.54, 1.807) is 13.8 Å². The number of benzene rings is 1. The summed E-state index contributed by atoms with van der Waals surface area (Å²) in [5.41, 5.74) is 2.86. The van der Waals surface area contributed by atoms with Gasteiger partial charge >= 0.3 is 5.97 Å². The minimum absolute atomic E-state index is 0.114. The summed E-state index contributed by atoms with van der Waals surface area (Å²) in [7, 11) is 0. The van der Waals surface area contributed by atoms with Gasteiger partial charge in [-0.05, 0) is 19.9 Å². The highest BCUT2D eigenvalue weighted by Gasteiger charge is 2.34. The fourth-order valence-electron chi connectivity index (χ4n) is 3.49. The molecule has 1 saturated heterocycles. The van der Waals surface area contributed by atoms with Gasteiger partial charge in [0.05, 0.1) is 30.2 Å². The zero-order valence-corrected chi connectivity index (χ0v) is 16.0.